The molecule has 1 aromatic heterocycles. The van der Waals surface area contributed by atoms with Crippen molar-refractivity contribution in [1.82, 2.24) is 24.1 Å². The second-order valence-electron chi connectivity index (χ2n) is 8.35. The number of imidazole rings is 1. The standard InChI is InChI=1S/C18H29N5O3S/c1-21-7-6-19-17(21)12-22-10-13-8-14(11-22)16(9-20-27(2,25)26)23-15(13)4-3-5-18(23)24/h6-7,13-16,20H,3-5,8-12H2,1-2H3/t13-,14+,15+,16+/m1/s1. The van der Waals surface area contributed by atoms with Gasteiger partial charge in [0.25, 0.3) is 0 Å². The van der Waals surface area contributed by atoms with Crippen molar-refractivity contribution in [2.75, 3.05) is 25.9 Å². The van der Waals surface area contributed by atoms with Crippen LogP contribution in [0.3, 0.4) is 0 Å². The van der Waals surface area contributed by atoms with E-state index in [4.69, 9.17) is 0 Å². The lowest BCUT2D eigenvalue weighted by molar-refractivity contribution is -0.152. The number of nitrogens with one attached hydrogen (secondary N) is 1. The summed E-state index contributed by atoms with van der Waals surface area (Å²) in [4.78, 5) is 21.6. The zero-order chi connectivity index (χ0) is 19.2. The number of nitrogens with zero attached hydrogens (tertiary/aromatic N) is 4. The first-order chi connectivity index (χ1) is 12.8. The summed E-state index contributed by atoms with van der Waals surface area (Å²) in [5.74, 6) is 1.98. The minimum atomic E-state index is -3.28. The summed E-state index contributed by atoms with van der Waals surface area (Å²) in [5, 5.41) is 0. The number of carbonyl (C=O) groups is 1. The summed E-state index contributed by atoms with van der Waals surface area (Å²) in [7, 11) is -1.27. The fraction of sp³-hybridized carbons (Fsp3) is 0.778. The topological polar surface area (TPSA) is 87.5 Å². The van der Waals surface area contributed by atoms with Crippen LogP contribution >= 0.6 is 0 Å². The quantitative estimate of drug-likeness (QED) is 0.768. The number of hydrogen-bond donors (Lipinski definition) is 1. The van der Waals surface area contributed by atoms with Crippen LogP contribution < -0.4 is 4.72 Å². The molecule has 0 radical (unpaired) electrons. The number of piperidine rings is 3. The van der Waals surface area contributed by atoms with Crippen molar-refractivity contribution >= 4 is 15.9 Å². The molecule has 1 amide bonds. The van der Waals surface area contributed by atoms with Gasteiger partial charge in [-0.3, -0.25) is 9.69 Å². The molecule has 8 nitrogen and oxygen atoms in total. The Morgan fingerprint density at radius 2 is 2.07 bits per heavy atom. The Hall–Kier alpha value is -1.45. The van der Waals surface area contributed by atoms with Crippen molar-refractivity contribution in [2.45, 2.75) is 44.3 Å². The SMILES string of the molecule is Cn1ccnc1CN1C[C@H]2C[C@@H](C1)[C@H](CNS(C)(=O)=O)N1C(=O)CCC[C@@H]21. The second kappa shape index (κ2) is 7.18. The summed E-state index contributed by atoms with van der Waals surface area (Å²) in [5.41, 5.74) is 0. The molecule has 27 heavy (non-hydrogen) atoms. The minimum absolute atomic E-state index is 0.0575. The van der Waals surface area contributed by atoms with Gasteiger partial charge in [0, 0.05) is 57.6 Å². The van der Waals surface area contributed by atoms with Crippen LogP contribution in [0.1, 0.15) is 31.5 Å². The van der Waals surface area contributed by atoms with Gasteiger partial charge < -0.3 is 9.47 Å². The minimum Gasteiger partial charge on any atom is -0.337 e. The predicted octanol–water partition coefficient (Wildman–Crippen LogP) is 0.171. The third-order valence-corrected chi connectivity index (χ3v) is 7.10. The van der Waals surface area contributed by atoms with Crippen molar-refractivity contribution in [1.29, 1.82) is 0 Å². The molecule has 4 atom stereocenters. The van der Waals surface area contributed by atoms with Gasteiger partial charge in [0.15, 0.2) is 0 Å². The van der Waals surface area contributed by atoms with Gasteiger partial charge >= 0.3 is 0 Å². The van der Waals surface area contributed by atoms with Gasteiger partial charge in [-0.25, -0.2) is 18.1 Å². The number of sulfonamides is 1. The highest BCUT2D eigenvalue weighted by molar-refractivity contribution is 7.88. The first kappa shape index (κ1) is 18.9. The van der Waals surface area contributed by atoms with E-state index in [0.717, 1.165) is 44.7 Å². The number of hydrogen-bond acceptors (Lipinski definition) is 5. The highest BCUT2D eigenvalue weighted by Gasteiger charge is 2.49. The Balaban J connectivity index is 1.56. The molecule has 0 unspecified atom stereocenters. The summed E-state index contributed by atoms with van der Waals surface area (Å²) in [6, 6.07) is 0.177. The van der Waals surface area contributed by atoms with Crippen molar-refractivity contribution in [3.8, 4) is 0 Å². The number of aromatic nitrogens is 2. The maximum atomic E-state index is 12.7. The van der Waals surface area contributed by atoms with Gasteiger partial charge in [0.2, 0.25) is 15.9 Å². The van der Waals surface area contributed by atoms with Gasteiger partial charge in [0.1, 0.15) is 5.82 Å². The zero-order valence-corrected chi connectivity index (χ0v) is 16.9. The third-order valence-electron chi connectivity index (χ3n) is 6.41. The van der Waals surface area contributed by atoms with Crippen LogP contribution in [-0.2, 0) is 28.4 Å². The molecule has 2 bridgehead atoms. The molecule has 1 N–H and O–H groups in total. The molecule has 150 valence electrons. The number of amides is 1. The molecule has 3 aliphatic heterocycles. The van der Waals surface area contributed by atoms with Crippen LogP contribution in [-0.4, -0.2) is 71.6 Å². The largest absolute Gasteiger partial charge is 0.337 e. The van der Waals surface area contributed by atoms with Crippen LogP contribution in [0.4, 0.5) is 0 Å². The van der Waals surface area contributed by atoms with E-state index in [1.807, 2.05) is 28.9 Å². The van der Waals surface area contributed by atoms with Crippen LogP contribution in [0, 0.1) is 11.8 Å². The Kier molecular flexibility index (Phi) is 5.02. The van der Waals surface area contributed by atoms with E-state index in [1.165, 1.54) is 6.26 Å². The van der Waals surface area contributed by atoms with Crippen molar-refractivity contribution in [3.63, 3.8) is 0 Å². The average molecular weight is 396 g/mol. The lowest BCUT2D eigenvalue weighted by atomic mass is 9.72. The molecule has 3 fully saturated rings. The first-order valence-electron chi connectivity index (χ1n) is 9.76. The Morgan fingerprint density at radius 1 is 1.30 bits per heavy atom. The van der Waals surface area contributed by atoms with E-state index >= 15 is 0 Å². The highest BCUT2D eigenvalue weighted by Crippen LogP contribution is 2.41. The van der Waals surface area contributed by atoms with Gasteiger partial charge in [-0.2, -0.15) is 0 Å². The number of aryl methyl sites for hydroxylation is 1. The molecule has 0 spiro atoms. The zero-order valence-electron chi connectivity index (χ0n) is 16.0. The molecule has 0 saturated carbocycles. The van der Waals surface area contributed by atoms with Crippen LogP contribution in [0.25, 0.3) is 0 Å². The maximum Gasteiger partial charge on any atom is 0.223 e. The number of rotatable bonds is 5. The van der Waals surface area contributed by atoms with E-state index in [-0.39, 0.29) is 23.9 Å². The lowest BCUT2D eigenvalue weighted by Gasteiger charge is -2.56. The summed E-state index contributed by atoms with van der Waals surface area (Å²) >= 11 is 0. The Labute approximate surface area is 161 Å². The smallest absolute Gasteiger partial charge is 0.223 e. The normalized spacial score (nSPS) is 31.8. The van der Waals surface area contributed by atoms with Crippen LogP contribution in [0.5, 0.6) is 0 Å². The van der Waals surface area contributed by atoms with Crippen LogP contribution in [0.15, 0.2) is 12.4 Å². The monoisotopic (exact) mass is 395 g/mol. The van der Waals surface area contributed by atoms with Gasteiger partial charge in [0.05, 0.1) is 12.8 Å². The molecule has 4 heterocycles. The summed E-state index contributed by atoms with van der Waals surface area (Å²) < 4.78 is 28.0. The summed E-state index contributed by atoms with van der Waals surface area (Å²) in [6.45, 7) is 2.96. The summed E-state index contributed by atoms with van der Waals surface area (Å²) in [6.07, 6.45) is 8.58. The number of carbonyl (C=O) groups excluding carboxylic acids is 1. The van der Waals surface area contributed by atoms with E-state index in [9.17, 15) is 13.2 Å². The molecule has 0 aliphatic carbocycles. The molecule has 4 rings (SSSR count). The molecule has 1 aromatic rings. The van der Waals surface area contributed by atoms with Crippen molar-refractivity contribution < 1.29 is 13.2 Å². The van der Waals surface area contributed by atoms with Crippen LogP contribution in [0.2, 0.25) is 0 Å². The van der Waals surface area contributed by atoms with E-state index in [0.29, 0.717) is 18.9 Å². The second-order valence-corrected chi connectivity index (χ2v) is 10.2. The average Bonchev–Trinajstić information content (AvgIpc) is 2.99. The van der Waals surface area contributed by atoms with E-state index < -0.39 is 10.0 Å². The van der Waals surface area contributed by atoms with Gasteiger partial charge in [-0.05, 0) is 31.1 Å². The number of fused-ring (bicyclic) bond motifs is 4. The van der Waals surface area contributed by atoms with E-state index in [1.54, 1.807) is 0 Å². The lowest BCUT2D eigenvalue weighted by Crippen LogP contribution is -2.67. The molecular formula is C18H29N5O3S. The molecule has 3 saturated heterocycles. The first-order valence-corrected chi connectivity index (χ1v) is 11.7. The fourth-order valence-corrected chi connectivity index (χ4v) is 5.72. The molecule has 0 aromatic carbocycles. The van der Waals surface area contributed by atoms with Gasteiger partial charge in [-0.15, -0.1) is 0 Å². The predicted molar refractivity (Wildman–Crippen MR) is 101 cm³/mol. The fourth-order valence-electron chi connectivity index (χ4n) is 5.25. The molecule has 9 heteroatoms. The van der Waals surface area contributed by atoms with Crippen molar-refractivity contribution in [3.05, 3.63) is 18.2 Å². The Morgan fingerprint density at radius 3 is 2.78 bits per heavy atom. The highest BCUT2D eigenvalue weighted by atomic mass is 32.2. The van der Waals surface area contributed by atoms with E-state index in [2.05, 4.69) is 14.6 Å². The third kappa shape index (κ3) is 3.90. The van der Waals surface area contributed by atoms with Gasteiger partial charge in [-0.1, -0.05) is 0 Å². The Bertz CT molecular complexity index is 808. The van der Waals surface area contributed by atoms with Crippen molar-refractivity contribution in [2.24, 2.45) is 18.9 Å². The molecule has 3 aliphatic rings. The number of likely N-dealkylation sites (tertiary alicyclic amines) is 1. The maximum absolute atomic E-state index is 12.7. The molecular weight excluding hydrogens is 366 g/mol.